The first-order valence-electron chi connectivity index (χ1n) is 8.50. The molecule has 2 aliphatic heterocycles. The van der Waals surface area contributed by atoms with Gasteiger partial charge in [-0.25, -0.2) is 18.0 Å². The summed E-state index contributed by atoms with van der Waals surface area (Å²) >= 11 is 1.05. The minimum atomic E-state index is -3.26. The predicted molar refractivity (Wildman–Crippen MR) is 94.0 cm³/mol. The Labute approximate surface area is 156 Å². The van der Waals surface area contributed by atoms with Crippen LogP contribution in [0.25, 0.3) is 0 Å². The summed E-state index contributed by atoms with van der Waals surface area (Å²) in [4.78, 5) is 20.6. The van der Waals surface area contributed by atoms with Crippen LogP contribution in [0, 0.1) is 5.92 Å². The lowest BCUT2D eigenvalue weighted by molar-refractivity contribution is -0.159. The van der Waals surface area contributed by atoms with Gasteiger partial charge in [-0.05, 0) is 31.7 Å². The van der Waals surface area contributed by atoms with Crippen molar-refractivity contribution in [1.29, 1.82) is 0 Å². The third-order valence-corrected chi connectivity index (χ3v) is 7.02. The van der Waals surface area contributed by atoms with Crippen LogP contribution in [0.2, 0.25) is 0 Å². The number of aliphatic carboxylic acids is 2. The van der Waals surface area contributed by atoms with E-state index in [1.54, 1.807) is 0 Å². The Balaban J connectivity index is 0.000000352. The molecule has 0 aromatic carbocycles. The molecule has 3 rings (SSSR count). The predicted octanol–water partition coefficient (Wildman–Crippen LogP) is 1.08. The zero-order chi connectivity index (χ0) is 19.3. The van der Waals surface area contributed by atoms with Crippen LogP contribution >= 0.6 is 11.7 Å². The molecule has 0 saturated carbocycles. The summed E-state index contributed by atoms with van der Waals surface area (Å²) < 4.78 is 33.3. The highest BCUT2D eigenvalue weighted by Gasteiger charge is 2.40. The molecule has 1 aromatic heterocycles. The van der Waals surface area contributed by atoms with Crippen molar-refractivity contribution in [3.63, 3.8) is 0 Å². The van der Waals surface area contributed by atoms with Crippen molar-refractivity contribution in [3.05, 3.63) is 5.69 Å². The number of carboxylic acid groups (broad SMARTS) is 2. The van der Waals surface area contributed by atoms with Gasteiger partial charge in [0.15, 0.2) is 14.9 Å². The topological polar surface area (TPSA) is 138 Å². The Morgan fingerprint density at radius 3 is 2.50 bits per heavy atom. The van der Waals surface area contributed by atoms with Gasteiger partial charge in [0.1, 0.15) is 0 Å². The van der Waals surface area contributed by atoms with Gasteiger partial charge < -0.3 is 15.1 Å². The first-order valence-corrected chi connectivity index (χ1v) is 10.9. The second-order valence-electron chi connectivity index (χ2n) is 6.51. The van der Waals surface area contributed by atoms with Gasteiger partial charge in [0.25, 0.3) is 0 Å². The Hall–Kier alpha value is -1.59. The number of hydrogen-bond donors (Lipinski definition) is 2. The van der Waals surface area contributed by atoms with E-state index < -0.39 is 21.8 Å². The fraction of sp³-hybridized carbons (Fsp3) is 0.733. The Bertz CT molecular complexity index is 736. The lowest BCUT2D eigenvalue weighted by atomic mass is 9.89. The van der Waals surface area contributed by atoms with Crippen LogP contribution in [0.5, 0.6) is 0 Å². The van der Waals surface area contributed by atoms with Crippen molar-refractivity contribution in [3.8, 4) is 0 Å². The maximum Gasteiger partial charge on any atom is 0.414 e. The minimum Gasteiger partial charge on any atom is -0.473 e. The second kappa shape index (κ2) is 8.87. The van der Waals surface area contributed by atoms with Crippen LogP contribution in [-0.2, 0) is 19.4 Å². The van der Waals surface area contributed by atoms with Gasteiger partial charge in [0.2, 0.25) is 0 Å². The van der Waals surface area contributed by atoms with Gasteiger partial charge in [-0.1, -0.05) is 13.3 Å². The number of carbonyl (C=O) groups is 2. The number of aromatic nitrogens is 2. The molecule has 9 nitrogen and oxygen atoms in total. The van der Waals surface area contributed by atoms with E-state index in [2.05, 4.69) is 13.6 Å². The molecule has 11 heteroatoms. The fourth-order valence-corrected chi connectivity index (χ4v) is 5.89. The van der Waals surface area contributed by atoms with E-state index in [0.717, 1.165) is 43.5 Å². The SMILES string of the molecule is CCCCS(=O)(=O)c1nsnc1C1CN2CCCC1C2.O=C(O)C(=O)O. The molecular weight excluding hydrogens is 382 g/mol. The molecule has 2 bridgehead atoms. The molecule has 26 heavy (non-hydrogen) atoms. The standard InChI is InChI=1S/C13H21N3O2S2.C2H2O4/c1-2-3-7-20(17,18)13-12(14-19-15-13)11-9-16-6-4-5-10(11)8-16;3-1(4)2(5)6/h10-11H,2-9H2,1H3;(H,3,4)(H,5,6). The van der Waals surface area contributed by atoms with E-state index in [1.165, 1.54) is 12.8 Å². The Morgan fingerprint density at radius 1 is 1.23 bits per heavy atom. The van der Waals surface area contributed by atoms with Crippen LogP contribution in [0.15, 0.2) is 5.03 Å². The molecular formula is C15H23N3O6S2. The summed E-state index contributed by atoms with van der Waals surface area (Å²) in [5, 5.41) is 15.1. The lowest BCUT2D eigenvalue weighted by Gasteiger charge is -2.21. The maximum absolute atomic E-state index is 12.4. The van der Waals surface area contributed by atoms with E-state index in [-0.39, 0.29) is 16.7 Å². The molecule has 3 unspecified atom stereocenters. The molecule has 146 valence electrons. The van der Waals surface area contributed by atoms with Crippen LogP contribution in [0.4, 0.5) is 0 Å². The number of nitrogens with zero attached hydrogens (tertiary/aromatic N) is 3. The number of unbranched alkanes of at least 4 members (excludes halogenated alkanes) is 1. The molecule has 0 spiro atoms. The summed E-state index contributed by atoms with van der Waals surface area (Å²) in [6.07, 6.45) is 3.98. The normalized spacial score (nSPS) is 24.6. The van der Waals surface area contributed by atoms with Crippen molar-refractivity contribution in [1.82, 2.24) is 13.6 Å². The summed E-state index contributed by atoms with van der Waals surface area (Å²) in [7, 11) is -3.26. The Kier molecular flexibility index (Phi) is 7.07. The highest BCUT2D eigenvalue weighted by molar-refractivity contribution is 7.91. The van der Waals surface area contributed by atoms with Gasteiger partial charge in [-0.15, -0.1) is 0 Å². The average Bonchev–Trinajstić information content (AvgIpc) is 3.18. The third kappa shape index (κ3) is 4.98. The lowest BCUT2D eigenvalue weighted by Crippen LogP contribution is -2.25. The molecule has 3 heterocycles. The highest BCUT2D eigenvalue weighted by atomic mass is 32.2. The number of carboxylic acids is 2. The molecule has 1 aromatic rings. The van der Waals surface area contributed by atoms with E-state index in [1.807, 2.05) is 6.92 Å². The zero-order valence-corrected chi connectivity index (χ0v) is 16.1. The van der Waals surface area contributed by atoms with E-state index in [4.69, 9.17) is 19.8 Å². The number of piperidine rings is 1. The Morgan fingerprint density at radius 2 is 1.92 bits per heavy atom. The van der Waals surface area contributed by atoms with Crippen LogP contribution in [0.1, 0.15) is 44.2 Å². The fourth-order valence-electron chi connectivity index (χ4n) is 3.38. The average molecular weight is 405 g/mol. The molecule has 2 aliphatic rings. The maximum atomic E-state index is 12.4. The van der Waals surface area contributed by atoms with Gasteiger partial charge >= 0.3 is 11.9 Å². The van der Waals surface area contributed by atoms with Gasteiger partial charge in [0, 0.05) is 19.0 Å². The molecule has 2 N–H and O–H groups in total. The molecule has 0 radical (unpaired) electrons. The largest absolute Gasteiger partial charge is 0.473 e. The van der Waals surface area contributed by atoms with Gasteiger partial charge in [-0.3, -0.25) is 0 Å². The molecule has 2 saturated heterocycles. The van der Waals surface area contributed by atoms with Gasteiger partial charge in [-0.2, -0.15) is 8.75 Å². The first-order chi connectivity index (χ1) is 12.3. The quantitative estimate of drug-likeness (QED) is 0.689. The first kappa shape index (κ1) is 20.7. The van der Waals surface area contributed by atoms with Crippen molar-refractivity contribution < 1.29 is 28.2 Å². The summed E-state index contributed by atoms with van der Waals surface area (Å²) in [5.74, 6) is -2.62. The van der Waals surface area contributed by atoms with Crippen LogP contribution in [-0.4, -0.2) is 69.6 Å². The summed E-state index contributed by atoms with van der Waals surface area (Å²) in [5.41, 5.74) is 0.750. The number of rotatable bonds is 5. The monoisotopic (exact) mass is 405 g/mol. The van der Waals surface area contributed by atoms with Crippen molar-refractivity contribution in [2.45, 2.75) is 43.6 Å². The van der Waals surface area contributed by atoms with Gasteiger partial charge in [0.05, 0.1) is 23.2 Å². The minimum absolute atomic E-state index is 0.197. The number of hydrogen-bond acceptors (Lipinski definition) is 8. The van der Waals surface area contributed by atoms with Crippen LogP contribution < -0.4 is 0 Å². The third-order valence-electron chi connectivity index (χ3n) is 4.64. The number of sulfone groups is 1. The number of fused-ring (bicyclic) bond motifs is 2. The van der Waals surface area contributed by atoms with Crippen molar-refractivity contribution in [2.75, 3.05) is 25.4 Å². The van der Waals surface area contributed by atoms with E-state index >= 15 is 0 Å². The molecule has 2 fully saturated rings. The van der Waals surface area contributed by atoms with E-state index in [0.29, 0.717) is 12.3 Å². The van der Waals surface area contributed by atoms with Crippen molar-refractivity contribution in [2.24, 2.45) is 5.92 Å². The second-order valence-corrected chi connectivity index (χ2v) is 9.06. The summed E-state index contributed by atoms with van der Waals surface area (Å²) in [6.45, 7) is 5.19. The highest BCUT2D eigenvalue weighted by Crippen LogP contribution is 2.40. The zero-order valence-electron chi connectivity index (χ0n) is 14.5. The smallest absolute Gasteiger partial charge is 0.414 e. The molecule has 0 aliphatic carbocycles. The molecule has 3 atom stereocenters. The molecule has 0 amide bonds. The van der Waals surface area contributed by atoms with E-state index in [9.17, 15) is 8.42 Å². The van der Waals surface area contributed by atoms with Crippen LogP contribution in [0.3, 0.4) is 0 Å². The summed E-state index contributed by atoms with van der Waals surface area (Å²) in [6, 6.07) is 0. The van der Waals surface area contributed by atoms with Crippen molar-refractivity contribution >= 4 is 33.5 Å².